The first-order chi connectivity index (χ1) is 9.69. The SMILES string of the molecule is COCC(=O)N1CCCC(COc2cccc(C)c2)C1. The quantitative estimate of drug-likeness (QED) is 0.828. The van der Waals surface area contributed by atoms with E-state index < -0.39 is 0 Å². The lowest BCUT2D eigenvalue weighted by Crippen LogP contribution is -2.43. The first kappa shape index (κ1) is 14.9. The Morgan fingerprint density at radius 2 is 2.30 bits per heavy atom. The predicted molar refractivity (Wildman–Crippen MR) is 77.9 cm³/mol. The van der Waals surface area contributed by atoms with Crippen LogP contribution in [0.3, 0.4) is 0 Å². The molecule has 1 aliphatic rings. The van der Waals surface area contributed by atoms with Gasteiger partial charge in [-0.2, -0.15) is 0 Å². The molecule has 1 aromatic carbocycles. The molecule has 1 fully saturated rings. The number of ether oxygens (including phenoxy) is 2. The lowest BCUT2D eigenvalue weighted by Gasteiger charge is -2.32. The number of nitrogens with zero attached hydrogens (tertiary/aromatic N) is 1. The number of hydrogen-bond acceptors (Lipinski definition) is 3. The molecule has 0 aliphatic carbocycles. The molecule has 0 N–H and O–H groups in total. The lowest BCUT2D eigenvalue weighted by atomic mass is 9.99. The Morgan fingerprint density at radius 1 is 1.45 bits per heavy atom. The summed E-state index contributed by atoms with van der Waals surface area (Å²) in [5.74, 6) is 1.39. The molecular formula is C16H23NO3. The van der Waals surface area contributed by atoms with Crippen LogP contribution in [0.1, 0.15) is 18.4 Å². The number of methoxy groups -OCH3 is 1. The molecule has 1 amide bonds. The molecule has 4 nitrogen and oxygen atoms in total. The monoisotopic (exact) mass is 277 g/mol. The normalized spacial score (nSPS) is 18.9. The maximum absolute atomic E-state index is 11.8. The van der Waals surface area contributed by atoms with Crippen molar-refractivity contribution < 1.29 is 14.3 Å². The Kier molecular flexibility index (Phi) is 5.41. The molecule has 110 valence electrons. The maximum Gasteiger partial charge on any atom is 0.248 e. The number of likely N-dealkylation sites (tertiary alicyclic amines) is 1. The molecular weight excluding hydrogens is 254 g/mol. The predicted octanol–water partition coefficient (Wildman–Crippen LogP) is 2.26. The van der Waals surface area contributed by atoms with E-state index in [9.17, 15) is 4.79 Å². The number of benzene rings is 1. The van der Waals surface area contributed by atoms with Gasteiger partial charge in [-0.05, 0) is 37.5 Å². The van der Waals surface area contributed by atoms with Gasteiger partial charge in [-0.15, -0.1) is 0 Å². The summed E-state index contributed by atoms with van der Waals surface area (Å²) < 4.78 is 10.8. The molecule has 1 heterocycles. The fourth-order valence-electron chi connectivity index (χ4n) is 2.56. The zero-order chi connectivity index (χ0) is 14.4. The van der Waals surface area contributed by atoms with Gasteiger partial charge in [-0.25, -0.2) is 0 Å². The highest BCUT2D eigenvalue weighted by molar-refractivity contribution is 5.77. The summed E-state index contributed by atoms with van der Waals surface area (Å²) in [5, 5.41) is 0. The highest BCUT2D eigenvalue weighted by atomic mass is 16.5. The fraction of sp³-hybridized carbons (Fsp3) is 0.562. The fourth-order valence-corrected chi connectivity index (χ4v) is 2.56. The zero-order valence-electron chi connectivity index (χ0n) is 12.3. The van der Waals surface area contributed by atoms with Crippen LogP contribution >= 0.6 is 0 Å². The summed E-state index contributed by atoms with van der Waals surface area (Å²) in [6.45, 7) is 4.50. The Bertz CT molecular complexity index is 447. The third-order valence-corrected chi connectivity index (χ3v) is 3.61. The lowest BCUT2D eigenvalue weighted by molar-refractivity contribution is -0.137. The Labute approximate surface area is 120 Å². The standard InChI is InChI=1S/C16H23NO3/c1-13-5-3-7-15(9-13)20-11-14-6-4-8-17(10-14)16(18)12-19-2/h3,5,7,9,14H,4,6,8,10-12H2,1-2H3. The molecule has 1 saturated heterocycles. The van der Waals surface area contributed by atoms with E-state index in [0.29, 0.717) is 12.5 Å². The smallest absolute Gasteiger partial charge is 0.248 e. The topological polar surface area (TPSA) is 38.8 Å². The number of amides is 1. The first-order valence-electron chi connectivity index (χ1n) is 7.15. The van der Waals surface area contributed by atoms with Crippen molar-refractivity contribution in [3.63, 3.8) is 0 Å². The molecule has 1 aliphatic heterocycles. The highest BCUT2D eigenvalue weighted by Crippen LogP contribution is 2.19. The third-order valence-electron chi connectivity index (χ3n) is 3.61. The molecule has 4 heteroatoms. The summed E-state index contributed by atoms with van der Waals surface area (Å²) in [7, 11) is 1.56. The molecule has 0 aromatic heterocycles. The van der Waals surface area contributed by atoms with E-state index in [1.54, 1.807) is 7.11 Å². The van der Waals surface area contributed by atoms with Gasteiger partial charge in [-0.3, -0.25) is 4.79 Å². The van der Waals surface area contributed by atoms with Crippen LogP contribution in [0.5, 0.6) is 5.75 Å². The van der Waals surface area contributed by atoms with Gasteiger partial charge < -0.3 is 14.4 Å². The molecule has 1 unspecified atom stereocenters. The van der Waals surface area contributed by atoms with Gasteiger partial charge in [0.05, 0.1) is 6.61 Å². The van der Waals surface area contributed by atoms with Crippen molar-refractivity contribution in [2.24, 2.45) is 5.92 Å². The Hall–Kier alpha value is -1.55. The van der Waals surface area contributed by atoms with Crippen LogP contribution in [-0.4, -0.2) is 44.2 Å². The van der Waals surface area contributed by atoms with Crippen molar-refractivity contribution in [2.75, 3.05) is 33.4 Å². The van der Waals surface area contributed by atoms with E-state index in [0.717, 1.165) is 31.7 Å². The van der Waals surface area contributed by atoms with Crippen LogP contribution in [-0.2, 0) is 9.53 Å². The van der Waals surface area contributed by atoms with Crippen LogP contribution in [0.2, 0.25) is 0 Å². The van der Waals surface area contributed by atoms with Crippen molar-refractivity contribution >= 4 is 5.91 Å². The van der Waals surface area contributed by atoms with E-state index in [-0.39, 0.29) is 12.5 Å². The van der Waals surface area contributed by atoms with E-state index in [4.69, 9.17) is 9.47 Å². The minimum Gasteiger partial charge on any atom is -0.493 e. The number of piperidine rings is 1. The van der Waals surface area contributed by atoms with E-state index in [2.05, 4.69) is 13.0 Å². The van der Waals surface area contributed by atoms with Gasteiger partial charge in [0, 0.05) is 26.1 Å². The van der Waals surface area contributed by atoms with Gasteiger partial charge in [-0.1, -0.05) is 12.1 Å². The molecule has 1 atom stereocenters. The number of carbonyl (C=O) groups excluding carboxylic acids is 1. The van der Waals surface area contributed by atoms with E-state index in [1.165, 1.54) is 5.56 Å². The molecule has 0 bridgehead atoms. The average molecular weight is 277 g/mol. The summed E-state index contributed by atoms with van der Waals surface area (Å²) in [5.41, 5.74) is 1.20. The van der Waals surface area contributed by atoms with Gasteiger partial charge in [0.15, 0.2) is 0 Å². The molecule has 1 aromatic rings. The van der Waals surface area contributed by atoms with Crippen LogP contribution in [0.15, 0.2) is 24.3 Å². The zero-order valence-corrected chi connectivity index (χ0v) is 12.3. The average Bonchev–Trinajstić information content (AvgIpc) is 2.46. The number of carbonyl (C=O) groups is 1. The third kappa shape index (κ3) is 4.23. The molecule has 0 radical (unpaired) electrons. The van der Waals surface area contributed by atoms with Crippen molar-refractivity contribution in [2.45, 2.75) is 19.8 Å². The van der Waals surface area contributed by atoms with Crippen LogP contribution in [0.4, 0.5) is 0 Å². The molecule has 0 saturated carbocycles. The second-order valence-electron chi connectivity index (χ2n) is 5.41. The van der Waals surface area contributed by atoms with Gasteiger partial charge in [0.25, 0.3) is 0 Å². The van der Waals surface area contributed by atoms with Crippen LogP contribution in [0.25, 0.3) is 0 Å². The highest BCUT2D eigenvalue weighted by Gasteiger charge is 2.23. The summed E-state index contributed by atoms with van der Waals surface area (Å²) >= 11 is 0. The minimum absolute atomic E-state index is 0.0766. The van der Waals surface area contributed by atoms with E-state index in [1.807, 2.05) is 23.1 Å². The van der Waals surface area contributed by atoms with Crippen molar-refractivity contribution in [3.05, 3.63) is 29.8 Å². The summed E-state index contributed by atoms with van der Waals surface area (Å²) in [4.78, 5) is 13.7. The molecule has 2 rings (SSSR count). The Morgan fingerprint density at radius 3 is 3.05 bits per heavy atom. The summed E-state index contributed by atoms with van der Waals surface area (Å²) in [6.07, 6.45) is 2.15. The van der Waals surface area contributed by atoms with Crippen molar-refractivity contribution in [3.8, 4) is 5.75 Å². The first-order valence-corrected chi connectivity index (χ1v) is 7.15. The number of rotatable bonds is 5. The second-order valence-corrected chi connectivity index (χ2v) is 5.41. The summed E-state index contributed by atoms with van der Waals surface area (Å²) in [6, 6.07) is 8.07. The largest absolute Gasteiger partial charge is 0.493 e. The van der Waals surface area contributed by atoms with Crippen LogP contribution in [0, 0.1) is 12.8 Å². The number of hydrogen-bond donors (Lipinski definition) is 0. The minimum atomic E-state index is 0.0766. The Balaban J connectivity index is 1.82. The molecule has 0 spiro atoms. The van der Waals surface area contributed by atoms with E-state index >= 15 is 0 Å². The number of aryl methyl sites for hydroxylation is 1. The van der Waals surface area contributed by atoms with Gasteiger partial charge >= 0.3 is 0 Å². The molecule has 20 heavy (non-hydrogen) atoms. The van der Waals surface area contributed by atoms with Gasteiger partial charge in [0.1, 0.15) is 12.4 Å². The van der Waals surface area contributed by atoms with Crippen molar-refractivity contribution in [1.29, 1.82) is 0 Å². The maximum atomic E-state index is 11.8. The van der Waals surface area contributed by atoms with Crippen molar-refractivity contribution in [1.82, 2.24) is 4.90 Å². The van der Waals surface area contributed by atoms with Crippen LogP contribution < -0.4 is 4.74 Å². The second kappa shape index (κ2) is 7.29. The van der Waals surface area contributed by atoms with Gasteiger partial charge in [0.2, 0.25) is 5.91 Å².